The molecule has 0 aliphatic carbocycles. The van der Waals surface area contributed by atoms with Gasteiger partial charge in [0, 0.05) is 49.7 Å². The van der Waals surface area contributed by atoms with E-state index in [1.807, 2.05) is 0 Å². The van der Waals surface area contributed by atoms with Crippen molar-refractivity contribution in [3.63, 3.8) is 0 Å². The average Bonchev–Trinajstić information content (AvgIpc) is 2.46. The number of nitrogens with zero attached hydrogens (tertiary/aromatic N) is 2. The van der Waals surface area contributed by atoms with Gasteiger partial charge in [-0.05, 0) is 26.7 Å². The number of ether oxygens (including phenoxy) is 2. The predicted molar refractivity (Wildman–Crippen MR) is 77.9 cm³/mol. The maximum atomic E-state index is 5.53. The zero-order chi connectivity index (χ0) is 14.4. The second-order valence-electron chi connectivity index (χ2n) is 5.31. The Bertz CT molecular complexity index is 408. The molecule has 0 spiro atoms. The van der Waals surface area contributed by atoms with Gasteiger partial charge in [-0.15, -0.1) is 0 Å². The molecule has 1 unspecified atom stereocenters. The molecule has 0 aromatic carbocycles. The van der Waals surface area contributed by atoms with E-state index in [4.69, 9.17) is 19.4 Å². The molecule has 1 aromatic heterocycles. The predicted octanol–water partition coefficient (Wildman–Crippen LogP) is 1.72. The van der Waals surface area contributed by atoms with Gasteiger partial charge < -0.3 is 14.8 Å². The first kappa shape index (κ1) is 15.4. The molecule has 0 radical (unpaired) electrons. The molecule has 0 amide bonds. The third-order valence-electron chi connectivity index (χ3n) is 3.75. The van der Waals surface area contributed by atoms with Crippen molar-refractivity contribution in [1.82, 2.24) is 15.3 Å². The van der Waals surface area contributed by atoms with Crippen LogP contribution in [-0.2, 0) is 16.0 Å². The number of nitrogens with one attached hydrogen (secondary N) is 1. The van der Waals surface area contributed by atoms with Crippen LogP contribution in [0.1, 0.15) is 41.5 Å². The van der Waals surface area contributed by atoms with Gasteiger partial charge in [0.2, 0.25) is 0 Å². The van der Waals surface area contributed by atoms with Gasteiger partial charge >= 0.3 is 0 Å². The zero-order valence-corrected chi connectivity index (χ0v) is 12.7. The van der Waals surface area contributed by atoms with Crippen LogP contribution in [0.4, 0.5) is 0 Å². The van der Waals surface area contributed by atoms with E-state index in [2.05, 4.69) is 19.2 Å². The van der Waals surface area contributed by atoms with Gasteiger partial charge in [-0.1, -0.05) is 0 Å². The van der Waals surface area contributed by atoms with E-state index in [-0.39, 0.29) is 0 Å². The van der Waals surface area contributed by atoms with E-state index in [1.54, 1.807) is 7.11 Å². The van der Waals surface area contributed by atoms with Crippen LogP contribution in [-0.4, -0.2) is 43.4 Å². The van der Waals surface area contributed by atoms with Gasteiger partial charge in [0.05, 0.1) is 13.2 Å². The van der Waals surface area contributed by atoms with Crippen LogP contribution < -0.4 is 5.32 Å². The SMILES string of the molecule is COCCNCc1c(C)nc(C2CCCOC2)nc1C. The highest BCUT2D eigenvalue weighted by atomic mass is 16.5. The van der Waals surface area contributed by atoms with Crippen molar-refractivity contribution in [3.8, 4) is 0 Å². The number of rotatable bonds is 6. The topological polar surface area (TPSA) is 56.3 Å². The third-order valence-corrected chi connectivity index (χ3v) is 3.75. The molecule has 2 rings (SSSR count). The van der Waals surface area contributed by atoms with Crippen molar-refractivity contribution in [1.29, 1.82) is 0 Å². The summed E-state index contributed by atoms with van der Waals surface area (Å²) in [5.41, 5.74) is 3.34. The summed E-state index contributed by atoms with van der Waals surface area (Å²) < 4.78 is 10.6. The van der Waals surface area contributed by atoms with Crippen molar-refractivity contribution < 1.29 is 9.47 Å². The molecule has 5 heteroatoms. The minimum Gasteiger partial charge on any atom is -0.383 e. The fourth-order valence-corrected chi connectivity index (χ4v) is 2.54. The van der Waals surface area contributed by atoms with Gasteiger partial charge in [-0.2, -0.15) is 0 Å². The monoisotopic (exact) mass is 279 g/mol. The standard InChI is InChI=1S/C15H25N3O2/c1-11-14(9-16-6-8-19-3)12(2)18-15(17-11)13-5-4-7-20-10-13/h13,16H,4-10H2,1-3H3. The average molecular weight is 279 g/mol. The fraction of sp³-hybridized carbons (Fsp3) is 0.733. The third kappa shape index (κ3) is 3.98. The van der Waals surface area contributed by atoms with Crippen molar-refractivity contribution >= 4 is 0 Å². The minimum atomic E-state index is 0.358. The number of hydrogen-bond donors (Lipinski definition) is 1. The molecule has 112 valence electrons. The summed E-state index contributed by atoms with van der Waals surface area (Å²) >= 11 is 0. The quantitative estimate of drug-likeness (QED) is 0.804. The lowest BCUT2D eigenvalue weighted by Crippen LogP contribution is -2.22. The smallest absolute Gasteiger partial charge is 0.134 e. The van der Waals surface area contributed by atoms with E-state index >= 15 is 0 Å². The second kappa shape index (κ2) is 7.67. The molecule has 1 N–H and O–H groups in total. The van der Waals surface area contributed by atoms with Crippen LogP contribution >= 0.6 is 0 Å². The molecule has 0 bridgehead atoms. The van der Waals surface area contributed by atoms with Crippen molar-refractivity contribution in [2.45, 2.75) is 39.2 Å². The molecule has 20 heavy (non-hydrogen) atoms. The summed E-state index contributed by atoms with van der Waals surface area (Å²) in [6.07, 6.45) is 2.23. The van der Waals surface area contributed by atoms with Crippen LogP contribution in [0.25, 0.3) is 0 Å². The maximum absolute atomic E-state index is 5.53. The number of aromatic nitrogens is 2. The summed E-state index contributed by atoms with van der Waals surface area (Å²) in [5.74, 6) is 1.30. The van der Waals surface area contributed by atoms with Gasteiger partial charge in [-0.3, -0.25) is 0 Å². The Hall–Kier alpha value is -1.04. The molecular weight excluding hydrogens is 254 g/mol. The Labute approximate surface area is 121 Å². The zero-order valence-electron chi connectivity index (χ0n) is 12.7. The highest BCUT2D eigenvalue weighted by Gasteiger charge is 2.20. The highest BCUT2D eigenvalue weighted by molar-refractivity contribution is 5.25. The van der Waals surface area contributed by atoms with E-state index in [0.717, 1.165) is 63.0 Å². The van der Waals surface area contributed by atoms with Crippen molar-refractivity contribution in [2.75, 3.05) is 33.5 Å². The first-order valence-corrected chi connectivity index (χ1v) is 7.33. The van der Waals surface area contributed by atoms with Gasteiger partial charge in [0.15, 0.2) is 0 Å². The van der Waals surface area contributed by atoms with Crippen LogP contribution in [0.5, 0.6) is 0 Å². The van der Waals surface area contributed by atoms with Gasteiger partial charge in [-0.25, -0.2) is 9.97 Å². The first-order chi connectivity index (χ1) is 9.72. The molecule has 0 saturated carbocycles. The molecule has 5 nitrogen and oxygen atoms in total. The van der Waals surface area contributed by atoms with E-state index in [1.165, 1.54) is 5.56 Å². The Balaban J connectivity index is 2.03. The van der Waals surface area contributed by atoms with Crippen LogP contribution in [0, 0.1) is 13.8 Å². The molecule has 1 aliphatic heterocycles. The van der Waals surface area contributed by atoms with E-state index < -0.39 is 0 Å². The van der Waals surface area contributed by atoms with Gasteiger partial charge in [0.25, 0.3) is 0 Å². The summed E-state index contributed by atoms with van der Waals surface area (Å²) in [6.45, 7) is 8.11. The Morgan fingerprint density at radius 1 is 1.30 bits per heavy atom. The Kier molecular flexibility index (Phi) is 5.88. The normalized spacial score (nSPS) is 19.2. The second-order valence-corrected chi connectivity index (χ2v) is 5.31. The molecule has 1 aromatic rings. The lowest BCUT2D eigenvalue weighted by Gasteiger charge is -2.22. The number of hydrogen-bond acceptors (Lipinski definition) is 5. The van der Waals surface area contributed by atoms with Crippen LogP contribution in [0.3, 0.4) is 0 Å². The van der Waals surface area contributed by atoms with Gasteiger partial charge in [0.1, 0.15) is 5.82 Å². The molecule has 2 heterocycles. The van der Waals surface area contributed by atoms with E-state index in [0.29, 0.717) is 5.92 Å². The first-order valence-electron chi connectivity index (χ1n) is 7.33. The summed E-state index contributed by atoms with van der Waals surface area (Å²) in [5, 5.41) is 3.35. The summed E-state index contributed by atoms with van der Waals surface area (Å²) in [4.78, 5) is 9.39. The van der Waals surface area contributed by atoms with Crippen molar-refractivity contribution in [2.24, 2.45) is 0 Å². The van der Waals surface area contributed by atoms with Crippen LogP contribution in [0.2, 0.25) is 0 Å². The van der Waals surface area contributed by atoms with E-state index in [9.17, 15) is 0 Å². The molecule has 1 aliphatic rings. The molecule has 1 fully saturated rings. The molecule has 1 saturated heterocycles. The number of methoxy groups -OCH3 is 1. The minimum absolute atomic E-state index is 0.358. The molecule has 1 atom stereocenters. The Morgan fingerprint density at radius 3 is 2.65 bits per heavy atom. The molecular formula is C15H25N3O2. The number of aryl methyl sites for hydroxylation is 2. The highest BCUT2D eigenvalue weighted by Crippen LogP contribution is 2.24. The maximum Gasteiger partial charge on any atom is 0.134 e. The lowest BCUT2D eigenvalue weighted by molar-refractivity contribution is 0.0779. The lowest BCUT2D eigenvalue weighted by atomic mass is 10.0. The fourth-order valence-electron chi connectivity index (χ4n) is 2.54. The largest absolute Gasteiger partial charge is 0.383 e. The Morgan fingerprint density at radius 2 is 2.05 bits per heavy atom. The summed E-state index contributed by atoms with van der Waals surface area (Å²) in [7, 11) is 1.71. The van der Waals surface area contributed by atoms with Crippen molar-refractivity contribution in [3.05, 3.63) is 22.8 Å². The van der Waals surface area contributed by atoms with Crippen LogP contribution in [0.15, 0.2) is 0 Å². The summed E-state index contributed by atoms with van der Waals surface area (Å²) in [6, 6.07) is 0.